The van der Waals surface area contributed by atoms with E-state index in [1.165, 1.54) is 6.07 Å². The number of halogens is 3. The minimum absolute atomic E-state index is 0.0933. The SMILES string of the molecule is N[C@H](CO)c1ccc(F)c(Br)c1F. The largest absolute Gasteiger partial charge is 0.394 e. The van der Waals surface area contributed by atoms with Crippen LogP contribution in [0.2, 0.25) is 0 Å². The Bertz CT molecular complexity index is 319. The Kier molecular flexibility index (Phi) is 3.35. The van der Waals surface area contributed by atoms with Gasteiger partial charge in [-0.25, -0.2) is 8.78 Å². The molecule has 0 aliphatic rings. The fraction of sp³-hybridized carbons (Fsp3) is 0.250. The molecule has 0 radical (unpaired) electrons. The Morgan fingerprint density at radius 2 is 2.08 bits per heavy atom. The van der Waals surface area contributed by atoms with E-state index in [0.717, 1.165) is 6.07 Å². The lowest BCUT2D eigenvalue weighted by molar-refractivity contribution is 0.265. The van der Waals surface area contributed by atoms with Gasteiger partial charge in [-0.2, -0.15) is 0 Å². The molecule has 0 unspecified atom stereocenters. The molecule has 72 valence electrons. The van der Waals surface area contributed by atoms with E-state index in [4.69, 9.17) is 10.8 Å². The highest BCUT2D eigenvalue weighted by Crippen LogP contribution is 2.25. The van der Waals surface area contributed by atoms with Crippen molar-refractivity contribution in [3.63, 3.8) is 0 Å². The Morgan fingerprint density at radius 1 is 1.46 bits per heavy atom. The van der Waals surface area contributed by atoms with E-state index >= 15 is 0 Å². The van der Waals surface area contributed by atoms with Gasteiger partial charge >= 0.3 is 0 Å². The second-order valence-corrected chi connectivity index (χ2v) is 3.35. The van der Waals surface area contributed by atoms with Crippen molar-refractivity contribution in [2.24, 2.45) is 5.73 Å². The first kappa shape index (κ1) is 10.6. The summed E-state index contributed by atoms with van der Waals surface area (Å²) in [5.74, 6) is -1.45. The summed E-state index contributed by atoms with van der Waals surface area (Å²) in [6, 6.07) is 1.49. The first-order valence-electron chi connectivity index (χ1n) is 3.57. The highest BCUT2D eigenvalue weighted by Gasteiger charge is 2.15. The molecule has 0 saturated carbocycles. The highest BCUT2D eigenvalue weighted by molar-refractivity contribution is 9.10. The number of hydrogen-bond acceptors (Lipinski definition) is 2. The molecule has 0 bridgehead atoms. The third-order valence-electron chi connectivity index (χ3n) is 1.66. The standard InChI is InChI=1S/C8H8BrF2NO/c9-7-5(10)2-1-4(8(7)11)6(12)3-13/h1-2,6,13H,3,12H2/t6-/m1/s1. The summed E-state index contributed by atoms with van der Waals surface area (Å²) < 4.78 is 25.7. The van der Waals surface area contributed by atoms with E-state index in [1.54, 1.807) is 0 Å². The van der Waals surface area contributed by atoms with E-state index in [1.807, 2.05) is 0 Å². The van der Waals surface area contributed by atoms with Gasteiger partial charge in [0.05, 0.1) is 17.1 Å². The molecule has 13 heavy (non-hydrogen) atoms. The minimum Gasteiger partial charge on any atom is -0.394 e. The van der Waals surface area contributed by atoms with Crippen LogP contribution in [-0.4, -0.2) is 11.7 Å². The quantitative estimate of drug-likeness (QED) is 0.787. The van der Waals surface area contributed by atoms with Crippen molar-refractivity contribution < 1.29 is 13.9 Å². The van der Waals surface area contributed by atoms with Crippen molar-refractivity contribution in [2.75, 3.05) is 6.61 Å². The normalized spacial score (nSPS) is 13.0. The van der Waals surface area contributed by atoms with Gasteiger partial charge < -0.3 is 10.8 Å². The van der Waals surface area contributed by atoms with Crippen LogP contribution in [0.5, 0.6) is 0 Å². The molecule has 1 atom stereocenters. The third kappa shape index (κ3) is 2.04. The highest BCUT2D eigenvalue weighted by atomic mass is 79.9. The van der Waals surface area contributed by atoms with Gasteiger partial charge in [0.1, 0.15) is 11.6 Å². The number of aliphatic hydroxyl groups excluding tert-OH is 1. The molecule has 0 fully saturated rings. The Labute approximate surface area is 82.5 Å². The van der Waals surface area contributed by atoms with Gasteiger partial charge in [-0.15, -0.1) is 0 Å². The Balaban J connectivity index is 3.18. The summed E-state index contributed by atoms with van der Waals surface area (Å²) in [5, 5.41) is 8.67. The van der Waals surface area contributed by atoms with Gasteiger partial charge in [-0.1, -0.05) is 6.07 Å². The van der Waals surface area contributed by atoms with Crippen molar-refractivity contribution in [3.05, 3.63) is 33.8 Å². The van der Waals surface area contributed by atoms with Gasteiger partial charge in [-0.3, -0.25) is 0 Å². The van der Waals surface area contributed by atoms with E-state index in [9.17, 15) is 8.78 Å². The van der Waals surface area contributed by atoms with Crippen LogP contribution in [0.4, 0.5) is 8.78 Å². The van der Waals surface area contributed by atoms with Crippen LogP contribution < -0.4 is 5.73 Å². The second kappa shape index (κ2) is 4.13. The van der Waals surface area contributed by atoms with Gasteiger partial charge in [0.2, 0.25) is 0 Å². The van der Waals surface area contributed by atoms with Crippen molar-refractivity contribution >= 4 is 15.9 Å². The maximum absolute atomic E-state index is 13.2. The fourth-order valence-electron chi connectivity index (χ4n) is 0.926. The lowest BCUT2D eigenvalue weighted by Gasteiger charge is -2.10. The van der Waals surface area contributed by atoms with Crippen LogP contribution in [0.15, 0.2) is 16.6 Å². The molecular weight excluding hydrogens is 244 g/mol. The van der Waals surface area contributed by atoms with Crippen LogP contribution >= 0.6 is 15.9 Å². The first-order valence-corrected chi connectivity index (χ1v) is 4.37. The Morgan fingerprint density at radius 3 is 2.62 bits per heavy atom. The van der Waals surface area contributed by atoms with Crippen molar-refractivity contribution in [2.45, 2.75) is 6.04 Å². The molecular formula is C8H8BrF2NO. The maximum Gasteiger partial charge on any atom is 0.145 e. The smallest absolute Gasteiger partial charge is 0.145 e. The van der Waals surface area contributed by atoms with E-state index < -0.39 is 17.7 Å². The van der Waals surface area contributed by atoms with E-state index in [2.05, 4.69) is 15.9 Å². The van der Waals surface area contributed by atoms with Crippen LogP contribution in [0.25, 0.3) is 0 Å². The number of rotatable bonds is 2. The molecule has 0 saturated heterocycles. The molecule has 1 aromatic rings. The molecule has 3 N–H and O–H groups in total. The summed E-state index contributed by atoms with van der Waals surface area (Å²) in [7, 11) is 0. The molecule has 0 aromatic heterocycles. The summed E-state index contributed by atoms with van der Waals surface area (Å²) in [5.41, 5.74) is 5.47. The van der Waals surface area contributed by atoms with Crippen molar-refractivity contribution in [3.8, 4) is 0 Å². The predicted molar refractivity (Wildman–Crippen MR) is 48.1 cm³/mol. The molecule has 0 aliphatic heterocycles. The zero-order valence-electron chi connectivity index (χ0n) is 6.60. The van der Waals surface area contributed by atoms with E-state index in [-0.39, 0.29) is 16.6 Å². The van der Waals surface area contributed by atoms with Gasteiger partial charge in [0, 0.05) is 5.56 Å². The van der Waals surface area contributed by atoms with Gasteiger partial charge in [0.25, 0.3) is 0 Å². The average molecular weight is 252 g/mol. The summed E-state index contributed by atoms with van der Waals surface area (Å²) in [6.07, 6.45) is 0. The van der Waals surface area contributed by atoms with Gasteiger partial charge in [0.15, 0.2) is 0 Å². The summed E-state index contributed by atoms with van der Waals surface area (Å²) in [4.78, 5) is 0. The third-order valence-corrected chi connectivity index (χ3v) is 2.39. The molecule has 0 amide bonds. The molecule has 0 heterocycles. The fourth-order valence-corrected chi connectivity index (χ4v) is 1.29. The zero-order chi connectivity index (χ0) is 10.0. The first-order chi connectivity index (χ1) is 6.07. The summed E-state index contributed by atoms with van der Waals surface area (Å²) >= 11 is 2.74. The van der Waals surface area contributed by atoms with Crippen LogP contribution in [0, 0.1) is 11.6 Å². The molecule has 0 aliphatic carbocycles. The van der Waals surface area contributed by atoms with Crippen LogP contribution in [-0.2, 0) is 0 Å². The zero-order valence-corrected chi connectivity index (χ0v) is 8.18. The predicted octanol–water partition coefficient (Wildman–Crippen LogP) is 1.72. The topological polar surface area (TPSA) is 46.2 Å². The number of hydrogen-bond donors (Lipinski definition) is 2. The van der Waals surface area contributed by atoms with Crippen molar-refractivity contribution in [1.82, 2.24) is 0 Å². The van der Waals surface area contributed by atoms with Crippen molar-refractivity contribution in [1.29, 1.82) is 0 Å². The van der Waals surface area contributed by atoms with E-state index in [0.29, 0.717) is 0 Å². The lowest BCUT2D eigenvalue weighted by Crippen LogP contribution is -2.16. The molecule has 1 rings (SSSR count). The average Bonchev–Trinajstić information content (AvgIpc) is 2.13. The van der Waals surface area contributed by atoms with Crippen LogP contribution in [0.3, 0.4) is 0 Å². The number of benzene rings is 1. The number of aliphatic hydroxyl groups is 1. The molecule has 2 nitrogen and oxygen atoms in total. The lowest BCUT2D eigenvalue weighted by atomic mass is 10.1. The molecule has 5 heteroatoms. The second-order valence-electron chi connectivity index (χ2n) is 2.55. The molecule has 0 spiro atoms. The Hall–Kier alpha value is -0.520. The molecule has 1 aromatic carbocycles. The maximum atomic E-state index is 13.2. The summed E-state index contributed by atoms with van der Waals surface area (Å²) in [6.45, 7) is -0.380. The van der Waals surface area contributed by atoms with Gasteiger partial charge in [-0.05, 0) is 22.0 Å². The van der Waals surface area contributed by atoms with Crippen LogP contribution in [0.1, 0.15) is 11.6 Å². The number of nitrogens with two attached hydrogens (primary N) is 1. The monoisotopic (exact) mass is 251 g/mol. The minimum atomic E-state index is -0.822.